The Morgan fingerprint density at radius 3 is 2.84 bits per heavy atom. The highest BCUT2D eigenvalue weighted by atomic mass is 32.2. The van der Waals surface area contributed by atoms with Gasteiger partial charge in [-0.2, -0.15) is 0 Å². The van der Waals surface area contributed by atoms with Gasteiger partial charge in [0.15, 0.2) is 0 Å². The number of sulfone groups is 1. The van der Waals surface area contributed by atoms with E-state index in [2.05, 4.69) is 27.8 Å². The number of nitrogens with one attached hydrogen (secondary N) is 1. The van der Waals surface area contributed by atoms with Gasteiger partial charge in [-0.05, 0) is 29.8 Å². The molecule has 1 aromatic rings. The topological polar surface area (TPSA) is 89.8 Å². The minimum Gasteiger partial charge on any atom is -0.315 e. The standard InChI is InChI=1S/C10H21N5O2S2/c1-3-5-11-6-7-15-10(12-13-14-15)18-8-4-9-19(2,16)17/h11H,3-9H2,1-2H3. The Balaban J connectivity index is 2.28. The third-order valence-corrected chi connectivity index (χ3v) is 4.39. The summed E-state index contributed by atoms with van der Waals surface area (Å²) in [5.41, 5.74) is 0. The van der Waals surface area contributed by atoms with Crippen LogP contribution in [0, 0.1) is 0 Å². The van der Waals surface area contributed by atoms with Crippen LogP contribution < -0.4 is 5.32 Å². The maximum atomic E-state index is 11.0. The predicted molar refractivity (Wildman–Crippen MR) is 76.0 cm³/mol. The van der Waals surface area contributed by atoms with Gasteiger partial charge in [0.25, 0.3) is 0 Å². The first-order valence-corrected chi connectivity index (χ1v) is 9.35. The summed E-state index contributed by atoms with van der Waals surface area (Å²) < 4.78 is 23.7. The minimum absolute atomic E-state index is 0.208. The summed E-state index contributed by atoms with van der Waals surface area (Å²) in [7, 11) is -2.88. The zero-order valence-electron chi connectivity index (χ0n) is 11.4. The Hall–Kier alpha value is -0.670. The summed E-state index contributed by atoms with van der Waals surface area (Å²) in [6.45, 7) is 4.66. The van der Waals surface area contributed by atoms with Gasteiger partial charge in [-0.25, -0.2) is 13.1 Å². The van der Waals surface area contributed by atoms with Crippen molar-refractivity contribution in [1.29, 1.82) is 0 Å². The van der Waals surface area contributed by atoms with Crippen LogP contribution in [0.25, 0.3) is 0 Å². The highest BCUT2D eigenvalue weighted by Crippen LogP contribution is 2.14. The van der Waals surface area contributed by atoms with Crippen molar-refractivity contribution < 1.29 is 8.42 Å². The van der Waals surface area contributed by atoms with Crippen LogP contribution in [0.4, 0.5) is 0 Å². The van der Waals surface area contributed by atoms with E-state index in [0.717, 1.165) is 31.2 Å². The lowest BCUT2D eigenvalue weighted by atomic mass is 10.5. The summed E-state index contributed by atoms with van der Waals surface area (Å²) in [4.78, 5) is 0. The Bertz CT molecular complexity index is 460. The molecule has 0 saturated heterocycles. The van der Waals surface area contributed by atoms with Gasteiger partial charge in [-0.3, -0.25) is 0 Å². The van der Waals surface area contributed by atoms with E-state index in [1.165, 1.54) is 18.0 Å². The molecule has 0 aliphatic carbocycles. The maximum absolute atomic E-state index is 11.0. The molecule has 110 valence electrons. The molecule has 0 atom stereocenters. The highest BCUT2D eigenvalue weighted by Gasteiger charge is 2.07. The number of thioether (sulfide) groups is 1. The lowest BCUT2D eigenvalue weighted by Crippen LogP contribution is -2.21. The van der Waals surface area contributed by atoms with Crippen LogP contribution in [0.1, 0.15) is 19.8 Å². The van der Waals surface area contributed by atoms with E-state index in [-0.39, 0.29) is 5.75 Å². The number of tetrazole rings is 1. The summed E-state index contributed by atoms with van der Waals surface area (Å²) >= 11 is 1.49. The van der Waals surface area contributed by atoms with Gasteiger partial charge in [-0.15, -0.1) is 5.10 Å². The monoisotopic (exact) mass is 307 g/mol. The molecule has 0 aromatic carbocycles. The van der Waals surface area contributed by atoms with Crippen molar-refractivity contribution in [2.24, 2.45) is 0 Å². The molecule has 0 unspecified atom stereocenters. The fourth-order valence-corrected chi connectivity index (χ4v) is 3.11. The molecule has 0 radical (unpaired) electrons. The van der Waals surface area contributed by atoms with Gasteiger partial charge < -0.3 is 5.32 Å². The quantitative estimate of drug-likeness (QED) is 0.488. The Kier molecular flexibility index (Phi) is 7.32. The molecule has 1 N–H and O–H groups in total. The smallest absolute Gasteiger partial charge is 0.209 e. The fourth-order valence-electron chi connectivity index (χ4n) is 1.41. The lowest BCUT2D eigenvalue weighted by Gasteiger charge is -2.05. The van der Waals surface area contributed by atoms with E-state index in [1.807, 2.05) is 0 Å². The van der Waals surface area contributed by atoms with Crippen LogP contribution in [-0.4, -0.2) is 59.5 Å². The normalized spacial score (nSPS) is 11.9. The minimum atomic E-state index is -2.88. The summed E-state index contributed by atoms with van der Waals surface area (Å²) in [6, 6.07) is 0. The second-order valence-corrected chi connectivity index (χ2v) is 7.59. The van der Waals surface area contributed by atoms with E-state index in [4.69, 9.17) is 0 Å². The molecule has 0 saturated carbocycles. The van der Waals surface area contributed by atoms with Gasteiger partial charge in [0.05, 0.1) is 12.3 Å². The first-order valence-electron chi connectivity index (χ1n) is 6.30. The van der Waals surface area contributed by atoms with Crippen molar-refractivity contribution in [3.63, 3.8) is 0 Å². The molecule has 1 aromatic heterocycles. The Morgan fingerprint density at radius 2 is 2.16 bits per heavy atom. The van der Waals surface area contributed by atoms with E-state index in [1.54, 1.807) is 4.68 Å². The van der Waals surface area contributed by atoms with Crippen LogP contribution in [0.2, 0.25) is 0 Å². The number of hydrogen-bond donors (Lipinski definition) is 1. The zero-order valence-corrected chi connectivity index (χ0v) is 13.0. The van der Waals surface area contributed by atoms with Crippen molar-refractivity contribution in [3.05, 3.63) is 0 Å². The van der Waals surface area contributed by atoms with E-state index in [0.29, 0.717) is 12.2 Å². The molecular formula is C10H21N5O2S2. The molecule has 0 amide bonds. The lowest BCUT2D eigenvalue weighted by molar-refractivity contribution is 0.510. The average molecular weight is 307 g/mol. The van der Waals surface area contributed by atoms with Gasteiger partial charge in [0, 0.05) is 18.6 Å². The van der Waals surface area contributed by atoms with Crippen molar-refractivity contribution in [1.82, 2.24) is 25.5 Å². The molecule has 0 fully saturated rings. The van der Waals surface area contributed by atoms with Gasteiger partial charge in [-0.1, -0.05) is 18.7 Å². The first kappa shape index (κ1) is 16.4. The van der Waals surface area contributed by atoms with Crippen molar-refractivity contribution in [2.45, 2.75) is 31.5 Å². The zero-order chi connectivity index (χ0) is 14.1. The van der Waals surface area contributed by atoms with E-state index >= 15 is 0 Å². The molecular weight excluding hydrogens is 286 g/mol. The highest BCUT2D eigenvalue weighted by molar-refractivity contribution is 7.99. The molecule has 7 nitrogen and oxygen atoms in total. The molecule has 0 aliphatic heterocycles. The Morgan fingerprint density at radius 1 is 1.37 bits per heavy atom. The van der Waals surface area contributed by atoms with Crippen molar-refractivity contribution >= 4 is 21.6 Å². The first-order chi connectivity index (χ1) is 9.03. The Labute approximate surface area is 118 Å². The average Bonchev–Trinajstić information content (AvgIpc) is 2.77. The van der Waals surface area contributed by atoms with E-state index in [9.17, 15) is 8.42 Å². The molecule has 1 rings (SSSR count). The fraction of sp³-hybridized carbons (Fsp3) is 0.900. The molecule has 0 spiro atoms. The molecule has 0 bridgehead atoms. The second-order valence-electron chi connectivity index (χ2n) is 4.27. The molecule has 19 heavy (non-hydrogen) atoms. The van der Waals surface area contributed by atoms with Gasteiger partial charge in [0.2, 0.25) is 5.16 Å². The largest absolute Gasteiger partial charge is 0.315 e. The van der Waals surface area contributed by atoms with Crippen LogP contribution in [0.3, 0.4) is 0 Å². The maximum Gasteiger partial charge on any atom is 0.209 e. The number of hydrogen-bond acceptors (Lipinski definition) is 7. The van der Waals surface area contributed by atoms with Crippen LogP contribution >= 0.6 is 11.8 Å². The second kappa shape index (κ2) is 8.49. The summed E-state index contributed by atoms with van der Waals surface area (Å²) in [6.07, 6.45) is 2.97. The van der Waals surface area contributed by atoms with Crippen LogP contribution in [0.5, 0.6) is 0 Å². The third-order valence-electron chi connectivity index (χ3n) is 2.32. The van der Waals surface area contributed by atoms with Crippen LogP contribution in [-0.2, 0) is 16.4 Å². The SMILES string of the molecule is CCCNCCn1nnnc1SCCCS(C)(=O)=O. The predicted octanol–water partition coefficient (Wildman–Crippen LogP) is 0.200. The van der Waals surface area contributed by atoms with Gasteiger partial charge in [0.1, 0.15) is 9.84 Å². The van der Waals surface area contributed by atoms with Crippen LogP contribution in [0.15, 0.2) is 5.16 Å². The number of aromatic nitrogens is 4. The van der Waals surface area contributed by atoms with Crippen molar-refractivity contribution in [2.75, 3.05) is 30.9 Å². The molecule has 9 heteroatoms. The third kappa shape index (κ3) is 7.48. The van der Waals surface area contributed by atoms with Crippen molar-refractivity contribution in [3.8, 4) is 0 Å². The van der Waals surface area contributed by atoms with E-state index < -0.39 is 9.84 Å². The van der Waals surface area contributed by atoms with Gasteiger partial charge >= 0.3 is 0 Å². The summed E-state index contributed by atoms with van der Waals surface area (Å²) in [5.74, 6) is 0.912. The summed E-state index contributed by atoms with van der Waals surface area (Å²) in [5, 5.41) is 15.5. The number of rotatable bonds is 10. The molecule has 0 aliphatic rings. The number of nitrogens with zero attached hydrogens (tertiary/aromatic N) is 4. The molecule has 1 heterocycles.